The summed E-state index contributed by atoms with van der Waals surface area (Å²) in [5.41, 5.74) is 1.57. The fourth-order valence-corrected chi connectivity index (χ4v) is 5.04. The molecule has 4 aromatic rings. The molecule has 10 heteroatoms. The van der Waals surface area contributed by atoms with Crippen LogP contribution in [0.5, 0.6) is 0 Å². The van der Waals surface area contributed by atoms with Crippen LogP contribution in [-0.2, 0) is 5.75 Å². The molecule has 33 heavy (non-hydrogen) atoms. The normalized spacial score (nSPS) is 15.9. The molecule has 0 saturated carbocycles. The van der Waals surface area contributed by atoms with E-state index in [1.807, 2.05) is 4.57 Å². The number of hydrogen-bond acceptors (Lipinski definition) is 5. The quantitative estimate of drug-likeness (QED) is 0.381. The van der Waals surface area contributed by atoms with Crippen LogP contribution >= 0.6 is 11.8 Å². The zero-order chi connectivity index (χ0) is 22.9. The van der Waals surface area contributed by atoms with Gasteiger partial charge in [0.2, 0.25) is 0 Å². The van der Waals surface area contributed by atoms with Gasteiger partial charge in [0, 0.05) is 17.8 Å². The Balaban J connectivity index is 1.45. The molecule has 0 aliphatic carbocycles. The second kappa shape index (κ2) is 9.18. The number of H-pyrrole nitrogens is 1. The Morgan fingerprint density at radius 1 is 1.00 bits per heavy atom. The first-order chi connectivity index (χ1) is 16.0. The van der Waals surface area contributed by atoms with Crippen molar-refractivity contribution in [2.24, 2.45) is 0 Å². The number of halogens is 3. The smallest absolute Gasteiger partial charge is 0.196 e. The van der Waals surface area contributed by atoms with Gasteiger partial charge in [-0.05, 0) is 57.1 Å². The fraction of sp³-hybridized carbons (Fsp3) is 0.348. The van der Waals surface area contributed by atoms with Gasteiger partial charge >= 0.3 is 0 Å². The van der Waals surface area contributed by atoms with Gasteiger partial charge in [-0.3, -0.25) is 9.47 Å². The summed E-state index contributed by atoms with van der Waals surface area (Å²) in [6.45, 7) is 4.13. The summed E-state index contributed by atoms with van der Waals surface area (Å²) >= 11 is 1.40. The second-order valence-corrected chi connectivity index (χ2v) is 9.12. The van der Waals surface area contributed by atoms with Gasteiger partial charge in [-0.2, -0.15) is 0 Å². The van der Waals surface area contributed by atoms with Crippen LogP contribution in [0.2, 0.25) is 0 Å². The summed E-state index contributed by atoms with van der Waals surface area (Å²) in [5, 5.41) is 9.55. The van der Waals surface area contributed by atoms with Crippen molar-refractivity contribution in [3.05, 3.63) is 65.5 Å². The van der Waals surface area contributed by atoms with E-state index in [4.69, 9.17) is 0 Å². The van der Waals surface area contributed by atoms with Gasteiger partial charge in [-0.25, -0.2) is 18.2 Å². The van der Waals surface area contributed by atoms with Gasteiger partial charge in [0.25, 0.3) is 0 Å². The zero-order valence-electron chi connectivity index (χ0n) is 18.1. The van der Waals surface area contributed by atoms with E-state index in [2.05, 4.69) is 32.0 Å². The van der Waals surface area contributed by atoms with Gasteiger partial charge < -0.3 is 4.98 Å². The standard InChI is InChI=1S/C23H23F3N6S/c1-14(31-9-3-2-4-10-31)22-29-30-23(32(22)16-7-5-15(24)6-8-16)33-13-21-27-19-11-17(25)18(26)12-20(19)28-21/h5-8,11-12,14H,2-4,9-10,13H2,1H3,(H,27,28)/t14-/m0/s1. The molecule has 0 spiro atoms. The summed E-state index contributed by atoms with van der Waals surface area (Å²) in [6.07, 6.45) is 3.55. The van der Waals surface area contributed by atoms with E-state index in [-0.39, 0.29) is 11.9 Å². The Hall–Kier alpha value is -2.85. The highest BCUT2D eigenvalue weighted by molar-refractivity contribution is 7.98. The molecule has 2 aromatic heterocycles. The van der Waals surface area contributed by atoms with Crippen molar-refractivity contribution in [2.75, 3.05) is 13.1 Å². The van der Waals surface area contributed by atoms with Gasteiger partial charge in [0.05, 0.1) is 22.8 Å². The third-order valence-electron chi connectivity index (χ3n) is 5.97. The van der Waals surface area contributed by atoms with Crippen molar-refractivity contribution in [2.45, 2.75) is 43.1 Å². The molecule has 2 aromatic carbocycles. The van der Waals surface area contributed by atoms with E-state index < -0.39 is 11.6 Å². The molecule has 0 bridgehead atoms. The maximum Gasteiger partial charge on any atom is 0.196 e. The first-order valence-corrected chi connectivity index (χ1v) is 11.9. The average molecular weight is 473 g/mol. The van der Waals surface area contributed by atoms with E-state index in [1.54, 1.807) is 12.1 Å². The topological polar surface area (TPSA) is 62.6 Å². The predicted octanol–water partition coefficient (Wildman–Crippen LogP) is 5.40. The number of aromatic amines is 1. The van der Waals surface area contributed by atoms with Gasteiger partial charge in [-0.1, -0.05) is 18.2 Å². The Morgan fingerprint density at radius 2 is 1.73 bits per heavy atom. The maximum atomic E-state index is 13.6. The molecule has 1 aliphatic heterocycles. The SMILES string of the molecule is C[C@@H](c1nnc(SCc2nc3cc(F)c(F)cc3[nH]2)n1-c1ccc(F)cc1)N1CCCCC1. The van der Waals surface area contributed by atoms with Crippen LogP contribution in [0.1, 0.15) is 43.9 Å². The summed E-state index contributed by atoms with van der Waals surface area (Å²) in [5.74, 6) is -0.402. The van der Waals surface area contributed by atoms with E-state index in [9.17, 15) is 13.2 Å². The van der Waals surface area contributed by atoms with Crippen LogP contribution in [0.25, 0.3) is 16.7 Å². The molecule has 0 radical (unpaired) electrons. The number of fused-ring (bicyclic) bond motifs is 1. The highest BCUT2D eigenvalue weighted by Gasteiger charge is 2.25. The molecular weight excluding hydrogens is 449 g/mol. The van der Waals surface area contributed by atoms with Crippen LogP contribution in [0.4, 0.5) is 13.2 Å². The highest BCUT2D eigenvalue weighted by atomic mass is 32.2. The molecule has 3 heterocycles. The molecule has 1 fully saturated rings. The Morgan fingerprint density at radius 3 is 2.48 bits per heavy atom. The largest absolute Gasteiger partial charge is 0.341 e. The Kier molecular flexibility index (Phi) is 6.11. The van der Waals surface area contributed by atoms with Crippen LogP contribution in [0.15, 0.2) is 41.6 Å². The molecule has 1 N–H and O–H groups in total. The molecule has 172 valence electrons. The molecular formula is C23H23F3N6S. The van der Waals surface area contributed by atoms with E-state index in [1.165, 1.54) is 30.3 Å². The lowest BCUT2D eigenvalue weighted by Gasteiger charge is -2.31. The lowest BCUT2D eigenvalue weighted by molar-refractivity contribution is 0.167. The first-order valence-electron chi connectivity index (χ1n) is 10.9. The average Bonchev–Trinajstić information content (AvgIpc) is 3.42. The minimum absolute atomic E-state index is 0.0503. The number of likely N-dealkylation sites (tertiary alicyclic amines) is 1. The van der Waals surface area contributed by atoms with Gasteiger partial charge in [0.15, 0.2) is 22.6 Å². The fourth-order valence-electron chi connectivity index (χ4n) is 4.21. The van der Waals surface area contributed by atoms with Crippen molar-refractivity contribution in [1.29, 1.82) is 0 Å². The number of nitrogens with zero attached hydrogens (tertiary/aromatic N) is 5. The van der Waals surface area contributed by atoms with E-state index >= 15 is 0 Å². The summed E-state index contributed by atoms with van der Waals surface area (Å²) in [6, 6.07) is 8.49. The number of rotatable bonds is 6. The lowest BCUT2D eigenvalue weighted by Crippen LogP contribution is -2.33. The molecule has 1 aliphatic rings. The van der Waals surface area contributed by atoms with Crippen LogP contribution < -0.4 is 0 Å². The number of piperidine rings is 1. The van der Waals surface area contributed by atoms with Crippen molar-refractivity contribution >= 4 is 22.8 Å². The van der Waals surface area contributed by atoms with Crippen LogP contribution in [0.3, 0.4) is 0 Å². The Labute approximate surface area is 193 Å². The second-order valence-electron chi connectivity index (χ2n) is 8.18. The minimum Gasteiger partial charge on any atom is -0.341 e. The van der Waals surface area contributed by atoms with E-state index in [0.717, 1.165) is 49.6 Å². The summed E-state index contributed by atoms with van der Waals surface area (Å²) < 4.78 is 42.6. The number of aromatic nitrogens is 5. The maximum absolute atomic E-state index is 13.6. The van der Waals surface area contributed by atoms with Gasteiger partial charge in [0.1, 0.15) is 11.6 Å². The molecule has 0 amide bonds. The molecule has 1 saturated heterocycles. The molecule has 5 rings (SSSR count). The highest BCUT2D eigenvalue weighted by Crippen LogP contribution is 2.31. The third-order valence-corrected chi connectivity index (χ3v) is 6.91. The molecule has 0 unspecified atom stereocenters. The number of hydrogen-bond donors (Lipinski definition) is 1. The molecule has 1 atom stereocenters. The number of benzene rings is 2. The van der Waals surface area contributed by atoms with E-state index in [0.29, 0.717) is 27.8 Å². The zero-order valence-corrected chi connectivity index (χ0v) is 18.9. The van der Waals surface area contributed by atoms with Gasteiger partial charge in [-0.15, -0.1) is 10.2 Å². The Bertz CT molecular complexity index is 1220. The van der Waals surface area contributed by atoms with Crippen molar-refractivity contribution in [1.82, 2.24) is 29.6 Å². The number of nitrogens with one attached hydrogen (secondary N) is 1. The summed E-state index contributed by atoms with van der Waals surface area (Å²) in [7, 11) is 0. The number of thioether (sulfide) groups is 1. The van der Waals surface area contributed by atoms with Crippen molar-refractivity contribution in [3.63, 3.8) is 0 Å². The number of imidazole rings is 1. The van der Waals surface area contributed by atoms with Crippen molar-refractivity contribution in [3.8, 4) is 5.69 Å². The predicted molar refractivity (Wildman–Crippen MR) is 121 cm³/mol. The van der Waals surface area contributed by atoms with Crippen molar-refractivity contribution < 1.29 is 13.2 Å². The minimum atomic E-state index is -0.930. The summed E-state index contributed by atoms with van der Waals surface area (Å²) in [4.78, 5) is 9.78. The first kappa shape index (κ1) is 22.0. The van der Waals surface area contributed by atoms with Crippen LogP contribution in [0, 0.1) is 17.5 Å². The molecule has 6 nitrogen and oxygen atoms in total. The third kappa shape index (κ3) is 4.49. The monoisotopic (exact) mass is 472 g/mol. The lowest BCUT2D eigenvalue weighted by atomic mass is 10.1. The van der Waals surface area contributed by atoms with Crippen LogP contribution in [-0.4, -0.2) is 42.7 Å².